The van der Waals surface area contributed by atoms with Crippen LogP contribution in [-0.4, -0.2) is 5.78 Å². The topological polar surface area (TPSA) is 17.1 Å². The molecule has 2 aliphatic carbocycles. The van der Waals surface area contributed by atoms with E-state index in [4.69, 9.17) is 0 Å². The van der Waals surface area contributed by atoms with E-state index in [0.717, 1.165) is 38.2 Å². The van der Waals surface area contributed by atoms with E-state index in [1.54, 1.807) is 0 Å². The quantitative estimate of drug-likeness (QED) is 0.724. The minimum atomic E-state index is -1.53. The molecule has 1 fully saturated rings. The first-order chi connectivity index (χ1) is 10.0. The van der Waals surface area contributed by atoms with Crippen molar-refractivity contribution >= 4 is 5.78 Å². The lowest BCUT2D eigenvalue weighted by molar-refractivity contribution is 0.0849. The molecule has 0 radical (unpaired) electrons. The van der Waals surface area contributed by atoms with Crippen molar-refractivity contribution in [3.8, 4) is 0 Å². The van der Waals surface area contributed by atoms with Crippen molar-refractivity contribution in [3.63, 3.8) is 0 Å². The average Bonchev–Trinajstić information content (AvgIpc) is 2.82. The summed E-state index contributed by atoms with van der Waals surface area (Å²) in [5.41, 5.74) is 0.121. The Morgan fingerprint density at radius 1 is 1.10 bits per heavy atom. The lowest BCUT2D eigenvalue weighted by Gasteiger charge is -2.31. The summed E-state index contributed by atoms with van der Waals surface area (Å²) in [6, 6.07) is 0.989. The number of fused-ring (bicyclic) bond motifs is 1. The Bertz CT molecular complexity index is 574. The van der Waals surface area contributed by atoms with Gasteiger partial charge in [0.1, 0.15) is 0 Å². The molecule has 3 rings (SSSR count). The Hall–Kier alpha value is -1.32. The molecule has 0 spiro atoms. The second kappa shape index (κ2) is 5.47. The summed E-state index contributed by atoms with van der Waals surface area (Å²) in [5, 5.41) is 0. The molecule has 0 heterocycles. The molecule has 0 aromatic heterocycles. The lowest BCUT2D eigenvalue weighted by atomic mass is 9.74. The molecule has 1 aromatic rings. The summed E-state index contributed by atoms with van der Waals surface area (Å²) < 4.78 is 40.5. The lowest BCUT2D eigenvalue weighted by Crippen LogP contribution is -2.25. The molecule has 21 heavy (non-hydrogen) atoms. The number of ketones is 1. The zero-order valence-corrected chi connectivity index (χ0v) is 12.1. The van der Waals surface area contributed by atoms with Gasteiger partial charge in [0.15, 0.2) is 23.2 Å². The molecule has 1 nitrogen and oxygen atoms in total. The van der Waals surface area contributed by atoms with Gasteiger partial charge >= 0.3 is 0 Å². The van der Waals surface area contributed by atoms with Crippen LogP contribution in [0.1, 0.15) is 54.9 Å². The highest BCUT2D eigenvalue weighted by molar-refractivity contribution is 6.02. The maximum absolute atomic E-state index is 13.8. The molecular weight excluding hydrogens is 277 g/mol. The molecule has 4 heteroatoms. The van der Waals surface area contributed by atoms with Gasteiger partial charge in [-0.05, 0) is 42.7 Å². The second-order valence-electron chi connectivity index (χ2n) is 6.38. The minimum absolute atomic E-state index is 0.212. The van der Waals surface area contributed by atoms with Gasteiger partial charge in [-0.1, -0.05) is 26.2 Å². The van der Waals surface area contributed by atoms with Crippen molar-refractivity contribution in [2.24, 2.45) is 17.8 Å². The third-order valence-corrected chi connectivity index (χ3v) is 5.30. The molecular formula is C17H19F3O. The summed E-state index contributed by atoms with van der Waals surface area (Å²) in [7, 11) is 0. The van der Waals surface area contributed by atoms with E-state index in [1.165, 1.54) is 0 Å². The standard InChI is InChI=1S/C17H19F3O/c1-2-9-3-5-10(6-4-9)12-7-11-8-13(18)15(19)16(20)14(11)17(12)21/h8-10,12H,2-7H2,1H3. The second-order valence-corrected chi connectivity index (χ2v) is 6.38. The number of halogens is 3. The van der Waals surface area contributed by atoms with E-state index in [1.807, 2.05) is 0 Å². The van der Waals surface area contributed by atoms with E-state index in [-0.39, 0.29) is 23.2 Å². The predicted molar refractivity (Wildman–Crippen MR) is 73.6 cm³/mol. The first kappa shape index (κ1) is 14.6. The molecule has 0 aliphatic heterocycles. The highest BCUT2D eigenvalue weighted by atomic mass is 19.2. The Morgan fingerprint density at radius 2 is 1.76 bits per heavy atom. The number of carbonyl (C=O) groups excluding carboxylic acids is 1. The van der Waals surface area contributed by atoms with Crippen LogP contribution < -0.4 is 0 Å². The van der Waals surface area contributed by atoms with Gasteiger partial charge in [0.25, 0.3) is 0 Å². The predicted octanol–water partition coefficient (Wildman–Crippen LogP) is 4.68. The number of Topliss-reactive ketones (excluding diaryl/α,β-unsaturated/α-hetero) is 1. The van der Waals surface area contributed by atoms with Crippen LogP contribution in [0.4, 0.5) is 13.2 Å². The van der Waals surface area contributed by atoms with Gasteiger partial charge in [0.2, 0.25) is 0 Å². The summed E-state index contributed by atoms with van der Waals surface area (Å²) >= 11 is 0. The monoisotopic (exact) mass is 296 g/mol. The molecule has 114 valence electrons. The number of rotatable bonds is 2. The Balaban J connectivity index is 1.83. The van der Waals surface area contributed by atoms with Crippen LogP contribution in [0.15, 0.2) is 6.07 Å². The third kappa shape index (κ3) is 2.39. The highest BCUT2D eigenvalue weighted by Crippen LogP contribution is 2.42. The van der Waals surface area contributed by atoms with Gasteiger partial charge in [-0.2, -0.15) is 0 Å². The van der Waals surface area contributed by atoms with Crippen molar-refractivity contribution in [3.05, 3.63) is 34.6 Å². The minimum Gasteiger partial charge on any atom is -0.294 e. The van der Waals surface area contributed by atoms with Crippen molar-refractivity contribution < 1.29 is 18.0 Å². The normalized spacial score (nSPS) is 28.8. The van der Waals surface area contributed by atoms with Crippen LogP contribution in [0.5, 0.6) is 0 Å². The van der Waals surface area contributed by atoms with Crippen molar-refractivity contribution in [2.45, 2.75) is 45.4 Å². The Kier molecular flexibility index (Phi) is 3.80. The van der Waals surface area contributed by atoms with Crippen LogP contribution in [0.25, 0.3) is 0 Å². The summed E-state index contributed by atoms with van der Waals surface area (Å²) in [6.45, 7) is 2.17. The molecule has 2 aliphatic rings. The van der Waals surface area contributed by atoms with E-state index in [2.05, 4.69) is 6.92 Å². The van der Waals surface area contributed by atoms with Crippen molar-refractivity contribution in [1.82, 2.24) is 0 Å². The number of hydrogen-bond acceptors (Lipinski definition) is 1. The molecule has 1 aromatic carbocycles. The van der Waals surface area contributed by atoms with Crippen LogP contribution >= 0.6 is 0 Å². The van der Waals surface area contributed by atoms with E-state index in [9.17, 15) is 18.0 Å². The fourth-order valence-electron chi connectivity index (χ4n) is 3.97. The van der Waals surface area contributed by atoms with Crippen LogP contribution in [0.2, 0.25) is 0 Å². The highest BCUT2D eigenvalue weighted by Gasteiger charge is 2.40. The zero-order valence-electron chi connectivity index (χ0n) is 12.1. The fourth-order valence-corrected chi connectivity index (χ4v) is 3.97. The fraction of sp³-hybridized carbons (Fsp3) is 0.588. The van der Waals surface area contributed by atoms with Gasteiger partial charge < -0.3 is 0 Å². The van der Waals surface area contributed by atoms with E-state index >= 15 is 0 Å². The van der Waals surface area contributed by atoms with Crippen LogP contribution in [0.3, 0.4) is 0 Å². The maximum Gasteiger partial charge on any atom is 0.195 e. The first-order valence-electron chi connectivity index (χ1n) is 7.73. The summed E-state index contributed by atoms with van der Waals surface area (Å²) in [6.07, 6.45) is 5.59. The van der Waals surface area contributed by atoms with Gasteiger partial charge in [-0.25, -0.2) is 13.2 Å². The third-order valence-electron chi connectivity index (χ3n) is 5.30. The first-order valence-corrected chi connectivity index (χ1v) is 7.73. The maximum atomic E-state index is 13.8. The molecule has 0 amide bonds. The molecule has 0 saturated heterocycles. The number of benzene rings is 1. The van der Waals surface area contributed by atoms with E-state index < -0.39 is 17.5 Å². The molecule has 1 atom stereocenters. The zero-order chi connectivity index (χ0) is 15.1. The largest absolute Gasteiger partial charge is 0.294 e. The van der Waals surface area contributed by atoms with Gasteiger partial charge in [0, 0.05) is 5.92 Å². The Labute approximate surface area is 122 Å². The molecule has 0 bridgehead atoms. The average molecular weight is 296 g/mol. The van der Waals surface area contributed by atoms with Gasteiger partial charge in [0.05, 0.1) is 5.56 Å². The van der Waals surface area contributed by atoms with Crippen molar-refractivity contribution in [2.75, 3.05) is 0 Å². The van der Waals surface area contributed by atoms with Gasteiger partial charge in [-0.15, -0.1) is 0 Å². The SMILES string of the molecule is CCC1CCC(C2Cc3cc(F)c(F)c(F)c3C2=O)CC1. The molecule has 1 saturated carbocycles. The van der Waals surface area contributed by atoms with Crippen molar-refractivity contribution in [1.29, 1.82) is 0 Å². The number of hydrogen-bond donors (Lipinski definition) is 0. The molecule has 1 unspecified atom stereocenters. The molecule has 0 N–H and O–H groups in total. The number of carbonyl (C=O) groups is 1. The summed E-state index contributed by atoms with van der Waals surface area (Å²) in [4.78, 5) is 12.4. The van der Waals surface area contributed by atoms with E-state index in [0.29, 0.717) is 17.9 Å². The Morgan fingerprint density at radius 3 is 2.38 bits per heavy atom. The van der Waals surface area contributed by atoms with Crippen LogP contribution in [-0.2, 0) is 6.42 Å². The summed E-state index contributed by atoms with van der Waals surface area (Å²) in [5.74, 6) is -3.73. The van der Waals surface area contributed by atoms with Gasteiger partial charge in [-0.3, -0.25) is 4.79 Å². The van der Waals surface area contributed by atoms with Crippen LogP contribution in [0, 0.1) is 35.2 Å². The smallest absolute Gasteiger partial charge is 0.195 e.